The number of nitrogens with one attached hydrogen (secondary N) is 1. The molecule has 0 aliphatic rings. The van der Waals surface area contributed by atoms with Crippen LogP contribution >= 0.6 is 11.3 Å². The summed E-state index contributed by atoms with van der Waals surface area (Å²) in [6.45, 7) is 7.38. The summed E-state index contributed by atoms with van der Waals surface area (Å²) in [5.41, 5.74) is 2.31. The fraction of sp³-hybridized carbons (Fsp3) is 0.800. The third kappa shape index (κ3) is 6.02. The number of unbranched alkanes of at least 4 members (excludes halogenated alkanes) is 1. The van der Waals surface area contributed by atoms with Gasteiger partial charge in [0.05, 0.1) is 12.1 Å². The highest BCUT2D eigenvalue weighted by molar-refractivity contribution is 7.09. The molecule has 0 bridgehead atoms. The summed E-state index contributed by atoms with van der Waals surface area (Å²) < 4.78 is 5.11. The Bertz CT molecular complexity index is 316. The molecule has 1 atom stereocenters. The second kappa shape index (κ2) is 9.45. The smallest absolute Gasteiger partial charge is 0.0794 e. The van der Waals surface area contributed by atoms with Gasteiger partial charge in [-0.3, -0.25) is 4.98 Å². The molecule has 1 unspecified atom stereocenters. The lowest BCUT2D eigenvalue weighted by molar-refractivity contribution is 0.182. The molecule has 110 valence electrons. The number of ether oxygens (including phenoxy) is 1. The minimum atomic E-state index is 0.371. The van der Waals surface area contributed by atoms with Crippen molar-refractivity contribution in [3.8, 4) is 0 Å². The quantitative estimate of drug-likeness (QED) is 0.631. The molecular weight excluding hydrogens is 256 g/mol. The van der Waals surface area contributed by atoms with Crippen LogP contribution in [0, 0.1) is 5.41 Å². The fourth-order valence-corrected chi connectivity index (χ4v) is 3.21. The maximum absolute atomic E-state index is 5.11. The van der Waals surface area contributed by atoms with Crippen molar-refractivity contribution in [2.75, 3.05) is 26.8 Å². The standard InChI is InChI=1S/C15H28N2OS/c1-4-6-7-15(5-2,12-16-8-9-18-3)10-14-11-17-13-19-14/h11,13,16H,4-10,12H2,1-3H3. The van der Waals surface area contributed by atoms with Gasteiger partial charge in [0.25, 0.3) is 0 Å². The minimum Gasteiger partial charge on any atom is -0.383 e. The van der Waals surface area contributed by atoms with Crippen molar-refractivity contribution in [3.05, 3.63) is 16.6 Å². The van der Waals surface area contributed by atoms with Crippen LogP contribution in [0.3, 0.4) is 0 Å². The summed E-state index contributed by atoms with van der Waals surface area (Å²) in [6, 6.07) is 0. The first-order chi connectivity index (χ1) is 9.26. The molecule has 0 saturated heterocycles. The molecule has 0 spiro atoms. The number of rotatable bonds is 11. The molecule has 0 radical (unpaired) electrons. The van der Waals surface area contributed by atoms with Gasteiger partial charge in [-0.1, -0.05) is 26.7 Å². The Labute approximate surface area is 121 Å². The summed E-state index contributed by atoms with van der Waals surface area (Å²) in [5.74, 6) is 0. The third-order valence-electron chi connectivity index (χ3n) is 3.83. The van der Waals surface area contributed by atoms with Crippen LogP contribution in [0.15, 0.2) is 11.7 Å². The number of hydrogen-bond acceptors (Lipinski definition) is 4. The molecule has 0 aliphatic carbocycles. The Morgan fingerprint density at radius 2 is 2.26 bits per heavy atom. The summed E-state index contributed by atoms with van der Waals surface area (Å²) in [7, 11) is 1.75. The van der Waals surface area contributed by atoms with E-state index in [0.717, 1.165) is 26.1 Å². The lowest BCUT2D eigenvalue weighted by Gasteiger charge is -2.33. The van der Waals surface area contributed by atoms with E-state index in [9.17, 15) is 0 Å². The van der Waals surface area contributed by atoms with Crippen molar-refractivity contribution in [1.82, 2.24) is 10.3 Å². The molecule has 0 fully saturated rings. The van der Waals surface area contributed by atoms with E-state index < -0.39 is 0 Å². The monoisotopic (exact) mass is 284 g/mol. The molecule has 0 aromatic carbocycles. The first kappa shape index (κ1) is 16.6. The van der Waals surface area contributed by atoms with E-state index in [4.69, 9.17) is 4.74 Å². The number of hydrogen-bond donors (Lipinski definition) is 1. The topological polar surface area (TPSA) is 34.1 Å². The van der Waals surface area contributed by atoms with Crippen LogP contribution in [0.4, 0.5) is 0 Å². The predicted octanol–water partition coefficient (Wildman–Crippen LogP) is 3.51. The Morgan fingerprint density at radius 1 is 1.42 bits per heavy atom. The average molecular weight is 284 g/mol. The predicted molar refractivity (Wildman–Crippen MR) is 82.8 cm³/mol. The van der Waals surface area contributed by atoms with Crippen LogP contribution in [0.2, 0.25) is 0 Å². The average Bonchev–Trinajstić information content (AvgIpc) is 2.93. The molecule has 1 rings (SSSR count). The van der Waals surface area contributed by atoms with E-state index in [2.05, 4.69) is 24.1 Å². The lowest BCUT2D eigenvalue weighted by Crippen LogP contribution is -2.37. The zero-order valence-corrected chi connectivity index (χ0v) is 13.4. The van der Waals surface area contributed by atoms with Crippen LogP contribution in [0.1, 0.15) is 44.4 Å². The van der Waals surface area contributed by atoms with Gasteiger partial charge in [-0.15, -0.1) is 11.3 Å². The molecule has 0 aliphatic heterocycles. The molecule has 0 saturated carbocycles. The van der Waals surface area contributed by atoms with Gasteiger partial charge < -0.3 is 10.1 Å². The van der Waals surface area contributed by atoms with Gasteiger partial charge >= 0.3 is 0 Å². The summed E-state index contributed by atoms with van der Waals surface area (Å²) in [6.07, 6.45) is 8.24. The van der Waals surface area contributed by atoms with Crippen molar-refractivity contribution >= 4 is 11.3 Å². The van der Waals surface area contributed by atoms with Crippen molar-refractivity contribution in [1.29, 1.82) is 0 Å². The highest BCUT2D eigenvalue weighted by Crippen LogP contribution is 2.33. The van der Waals surface area contributed by atoms with Gasteiger partial charge in [-0.2, -0.15) is 0 Å². The van der Waals surface area contributed by atoms with E-state index in [1.54, 1.807) is 18.4 Å². The van der Waals surface area contributed by atoms with E-state index in [1.807, 2.05) is 11.7 Å². The van der Waals surface area contributed by atoms with Crippen LogP contribution in [0.25, 0.3) is 0 Å². The van der Waals surface area contributed by atoms with Crippen LogP contribution in [-0.2, 0) is 11.2 Å². The van der Waals surface area contributed by atoms with E-state index in [0.29, 0.717) is 5.41 Å². The van der Waals surface area contributed by atoms with Gasteiger partial charge in [0, 0.05) is 31.3 Å². The molecule has 1 N–H and O–H groups in total. The van der Waals surface area contributed by atoms with Gasteiger partial charge in [0.2, 0.25) is 0 Å². The van der Waals surface area contributed by atoms with Gasteiger partial charge in [0.1, 0.15) is 0 Å². The summed E-state index contributed by atoms with van der Waals surface area (Å²) >= 11 is 1.78. The highest BCUT2D eigenvalue weighted by Gasteiger charge is 2.28. The number of aromatic nitrogens is 1. The van der Waals surface area contributed by atoms with Gasteiger partial charge in [-0.05, 0) is 24.7 Å². The normalized spacial score (nSPS) is 14.5. The maximum atomic E-state index is 5.11. The molecule has 1 aromatic heterocycles. The highest BCUT2D eigenvalue weighted by atomic mass is 32.1. The Kier molecular flexibility index (Phi) is 8.26. The van der Waals surface area contributed by atoms with E-state index in [-0.39, 0.29) is 0 Å². The Balaban J connectivity index is 2.58. The van der Waals surface area contributed by atoms with Crippen molar-refractivity contribution < 1.29 is 4.74 Å². The summed E-state index contributed by atoms with van der Waals surface area (Å²) in [5, 5.41) is 3.56. The summed E-state index contributed by atoms with van der Waals surface area (Å²) in [4.78, 5) is 5.62. The fourth-order valence-electron chi connectivity index (χ4n) is 2.44. The molecule has 3 nitrogen and oxygen atoms in total. The van der Waals surface area contributed by atoms with Crippen molar-refractivity contribution in [2.24, 2.45) is 5.41 Å². The molecule has 19 heavy (non-hydrogen) atoms. The molecule has 1 heterocycles. The molecule has 1 aromatic rings. The number of thiazole rings is 1. The van der Waals surface area contributed by atoms with Crippen LogP contribution in [-0.4, -0.2) is 31.8 Å². The van der Waals surface area contributed by atoms with Crippen LogP contribution in [0.5, 0.6) is 0 Å². The SMILES string of the molecule is CCCCC(CC)(CNCCOC)Cc1cncs1. The Morgan fingerprint density at radius 3 is 2.84 bits per heavy atom. The van der Waals surface area contributed by atoms with Gasteiger partial charge in [-0.25, -0.2) is 0 Å². The number of nitrogens with zero attached hydrogens (tertiary/aromatic N) is 1. The van der Waals surface area contributed by atoms with Crippen LogP contribution < -0.4 is 5.32 Å². The first-order valence-corrected chi connectivity index (χ1v) is 8.21. The molecular formula is C15H28N2OS. The number of methoxy groups -OCH3 is 1. The van der Waals surface area contributed by atoms with E-state index >= 15 is 0 Å². The largest absolute Gasteiger partial charge is 0.383 e. The van der Waals surface area contributed by atoms with Crippen molar-refractivity contribution in [2.45, 2.75) is 46.0 Å². The Hall–Kier alpha value is -0.450. The zero-order valence-electron chi connectivity index (χ0n) is 12.6. The minimum absolute atomic E-state index is 0.371. The first-order valence-electron chi connectivity index (χ1n) is 7.33. The second-order valence-electron chi connectivity index (χ2n) is 5.27. The lowest BCUT2D eigenvalue weighted by atomic mass is 9.77. The van der Waals surface area contributed by atoms with E-state index in [1.165, 1.54) is 30.6 Å². The second-order valence-corrected chi connectivity index (χ2v) is 6.24. The zero-order chi connectivity index (χ0) is 14.0. The maximum Gasteiger partial charge on any atom is 0.0794 e. The van der Waals surface area contributed by atoms with Gasteiger partial charge in [0.15, 0.2) is 0 Å². The third-order valence-corrected chi connectivity index (χ3v) is 4.61. The molecule has 4 heteroatoms. The molecule has 0 amide bonds. The van der Waals surface area contributed by atoms with Crippen molar-refractivity contribution in [3.63, 3.8) is 0 Å².